The molecule has 0 aliphatic carbocycles. The van der Waals surface area contributed by atoms with E-state index in [0.717, 1.165) is 6.07 Å². The van der Waals surface area contributed by atoms with Crippen LogP contribution in [0.4, 0.5) is 0 Å². The van der Waals surface area contributed by atoms with E-state index >= 15 is 0 Å². The zero-order valence-electron chi connectivity index (χ0n) is 15.3. The quantitative estimate of drug-likeness (QED) is 0.540. The third-order valence-electron chi connectivity index (χ3n) is 3.73. The standard InChI is InChI=1S/C20H16O8/c1-10(21)26-17-6-12(4-5-15(17)25-3)16-9-14(24)20-18(27-11(2)22)7-13(23)8-19(20)28-16/h4-9,23H,1-3H3. The van der Waals surface area contributed by atoms with Gasteiger partial charge in [0.05, 0.1) is 7.11 Å². The number of ether oxygens (including phenoxy) is 3. The van der Waals surface area contributed by atoms with Crippen LogP contribution in [0.1, 0.15) is 13.8 Å². The van der Waals surface area contributed by atoms with Crippen LogP contribution >= 0.6 is 0 Å². The van der Waals surface area contributed by atoms with Gasteiger partial charge in [-0.1, -0.05) is 0 Å². The second kappa shape index (κ2) is 7.43. The molecular formula is C20H16O8. The SMILES string of the molecule is COc1ccc(-c2cc(=O)c3c(OC(C)=O)cc(O)cc3o2)cc1OC(C)=O. The Morgan fingerprint density at radius 1 is 0.929 bits per heavy atom. The maximum Gasteiger partial charge on any atom is 0.308 e. The van der Waals surface area contributed by atoms with Gasteiger partial charge < -0.3 is 23.7 Å². The molecule has 1 aromatic heterocycles. The number of carbonyl (C=O) groups is 2. The van der Waals surface area contributed by atoms with Crippen molar-refractivity contribution in [2.45, 2.75) is 13.8 Å². The largest absolute Gasteiger partial charge is 0.508 e. The molecule has 0 unspecified atom stereocenters. The summed E-state index contributed by atoms with van der Waals surface area (Å²) in [5.74, 6) is -0.864. The van der Waals surface area contributed by atoms with Gasteiger partial charge in [-0.3, -0.25) is 14.4 Å². The summed E-state index contributed by atoms with van der Waals surface area (Å²) in [6.07, 6.45) is 0. The third kappa shape index (κ3) is 3.80. The van der Waals surface area contributed by atoms with Gasteiger partial charge >= 0.3 is 11.9 Å². The van der Waals surface area contributed by atoms with E-state index in [1.54, 1.807) is 12.1 Å². The number of esters is 2. The third-order valence-corrected chi connectivity index (χ3v) is 3.73. The summed E-state index contributed by atoms with van der Waals surface area (Å²) in [5.41, 5.74) is -0.00520. The number of methoxy groups -OCH3 is 1. The predicted molar refractivity (Wildman–Crippen MR) is 98.8 cm³/mol. The van der Waals surface area contributed by atoms with Crippen LogP contribution in [-0.2, 0) is 9.59 Å². The first kappa shape index (κ1) is 19.0. The van der Waals surface area contributed by atoms with Gasteiger partial charge in [-0.15, -0.1) is 0 Å². The minimum atomic E-state index is -0.642. The van der Waals surface area contributed by atoms with Crippen LogP contribution in [0.2, 0.25) is 0 Å². The van der Waals surface area contributed by atoms with Crippen molar-refractivity contribution in [2.75, 3.05) is 7.11 Å². The van der Waals surface area contributed by atoms with E-state index in [4.69, 9.17) is 18.6 Å². The van der Waals surface area contributed by atoms with Crippen molar-refractivity contribution in [1.82, 2.24) is 0 Å². The van der Waals surface area contributed by atoms with Gasteiger partial charge in [-0.05, 0) is 18.2 Å². The maximum absolute atomic E-state index is 12.6. The fraction of sp³-hybridized carbons (Fsp3) is 0.150. The number of hydrogen-bond donors (Lipinski definition) is 1. The summed E-state index contributed by atoms with van der Waals surface area (Å²) in [7, 11) is 1.43. The average molecular weight is 384 g/mol. The van der Waals surface area contributed by atoms with Gasteiger partial charge in [0, 0.05) is 37.6 Å². The predicted octanol–water partition coefficient (Wildman–Crippen LogP) is 3.02. The zero-order chi connectivity index (χ0) is 20.4. The summed E-state index contributed by atoms with van der Waals surface area (Å²) in [4.78, 5) is 35.2. The van der Waals surface area contributed by atoms with Crippen LogP contribution < -0.4 is 19.6 Å². The highest BCUT2D eigenvalue weighted by Gasteiger charge is 2.16. The highest BCUT2D eigenvalue weighted by molar-refractivity contribution is 5.88. The molecule has 0 saturated carbocycles. The van der Waals surface area contributed by atoms with E-state index in [-0.39, 0.29) is 34.0 Å². The maximum atomic E-state index is 12.6. The van der Waals surface area contributed by atoms with Gasteiger partial charge in [0.15, 0.2) is 16.9 Å². The Kier molecular flexibility index (Phi) is 5.04. The number of phenols is 1. The van der Waals surface area contributed by atoms with E-state index in [1.165, 1.54) is 39.2 Å². The molecule has 28 heavy (non-hydrogen) atoms. The molecule has 8 nitrogen and oxygen atoms in total. The summed E-state index contributed by atoms with van der Waals surface area (Å²) >= 11 is 0. The lowest BCUT2D eigenvalue weighted by molar-refractivity contribution is -0.132. The molecule has 0 bridgehead atoms. The molecule has 1 N–H and O–H groups in total. The summed E-state index contributed by atoms with van der Waals surface area (Å²) < 4.78 is 21.0. The Morgan fingerprint density at radius 3 is 2.25 bits per heavy atom. The Balaban J connectivity index is 2.18. The Hall–Kier alpha value is -3.81. The zero-order valence-corrected chi connectivity index (χ0v) is 15.3. The molecule has 0 amide bonds. The second-order valence-electron chi connectivity index (χ2n) is 5.84. The fourth-order valence-corrected chi connectivity index (χ4v) is 2.68. The molecule has 8 heteroatoms. The molecule has 0 spiro atoms. The minimum Gasteiger partial charge on any atom is -0.508 e. The first-order valence-corrected chi connectivity index (χ1v) is 8.14. The number of rotatable bonds is 4. The lowest BCUT2D eigenvalue weighted by Gasteiger charge is -2.11. The highest BCUT2D eigenvalue weighted by Crippen LogP contribution is 2.35. The van der Waals surface area contributed by atoms with Gasteiger partial charge in [-0.2, -0.15) is 0 Å². The van der Waals surface area contributed by atoms with E-state index in [1.807, 2.05) is 0 Å². The van der Waals surface area contributed by atoms with Gasteiger partial charge in [-0.25, -0.2) is 0 Å². The fourth-order valence-electron chi connectivity index (χ4n) is 2.68. The van der Waals surface area contributed by atoms with Crippen molar-refractivity contribution < 1.29 is 33.3 Å². The normalized spacial score (nSPS) is 10.5. The van der Waals surface area contributed by atoms with Gasteiger partial charge in [0.1, 0.15) is 28.2 Å². The Labute approximate surface area is 158 Å². The first-order valence-electron chi connectivity index (χ1n) is 8.14. The number of benzene rings is 2. The van der Waals surface area contributed by atoms with E-state index in [2.05, 4.69) is 0 Å². The molecule has 0 saturated heterocycles. The summed E-state index contributed by atoms with van der Waals surface area (Å²) in [6.45, 7) is 2.43. The van der Waals surface area contributed by atoms with Gasteiger partial charge in [0.2, 0.25) is 0 Å². The van der Waals surface area contributed by atoms with Crippen molar-refractivity contribution >= 4 is 22.9 Å². The summed E-state index contributed by atoms with van der Waals surface area (Å²) in [6, 6.07) is 8.28. The molecule has 0 atom stereocenters. The minimum absolute atomic E-state index is 0.0190. The topological polar surface area (TPSA) is 112 Å². The van der Waals surface area contributed by atoms with E-state index in [9.17, 15) is 19.5 Å². The van der Waals surface area contributed by atoms with Crippen molar-refractivity contribution in [1.29, 1.82) is 0 Å². The number of fused-ring (bicyclic) bond motifs is 1. The smallest absolute Gasteiger partial charge is 0.308 e. The first-order chi connectivity index (χ1) is 13.3. The second-order valence-corrected chi connectivity index (χ2v) is 5.84. The number of phenolic OH excluding ortho intramolecular Hbond substituents is 1. The van der Waals surface area contributed by atoms with Crippen LogP contribution in [0.3, 0.4) is 0 Å². The van der Waals surface area contributed by atoms with Crippen LogP contribution in [0.15, 0.2) is 45.6 Å². The van der Waals surface area contributed by atoms with E-state index < -0.39 is 17.4 Å². The van der Waals surface area contributed by atoms with Crippen molar-refractivity contribution in [3.8, 4) is 34.3 Å². The molecule has 0 aliphatic rings. The van der Waals surface area contributed by atoms with Crippen LogP contribution in [0.5, 0.6) is 23.0 Å². The molecule has 1 heterocycles. The lowest BCUT2D eigenvalue weighted by Crippen LogP contribution is -2.07. The monoisotopic (exact) mass is 384 g/mol. The molecule has 144 valence electrons. The van der Waals surface area contributed by atoms with Crippen LogP contribution in [0, 0.1) is 0 Å². The lowest BCUT2D eigenvalue weighted by atomic mass is 10.1. The molecular weight excluding hydrogens is 368 g/mol. The molecule has 2 aromatic carbocycles. The molecule has 0 radical (unpaired) electrons. The Morgan fingerprint density at radius 2 is 1.61 bits per heavy atom. The Bertz CT molecular complexity index is 1140. The van der Waals surface area contributed by atoms with Crippen molar-refractivity contribution in [2.24, 2.45) is 0 Å². The van der Waals surface area contributed by atoms with Crippen molar-refractivity contribution in [3.05, 3.63) is 46.6 Å². The molecule has 0 fully saturated rings. The molecule has 3 aromatic rings. The highest BCUT2D eigenvalue weighted by atomic mass is 16.6. The van der Waals surface area contributed by atoms with Gasteiger partial charge in [0.25, 0.3) is 0 Å². The average Bonchev–Trinajstić information content (AvgIpc) is 2.59. The number of carbonyl (C=O) groups excluding carboxylic acids is 2. The van der Waals surface area contributed by atoms with Crippen LogP contribution in [0.25, 0.3) is 22.3 Å². The number of hydrogen-bond acceptors (Lipinski definition) is 8. The van der Waals surface area contributed by atoms with Crippen molar-refractivity contribution in [3.63, 3.8) is 0 Å². The molecule has 3 rings (SSSR count). The summed E-state index contributed by atoms with van der Waals surface area (Å²) in [5, 5.41) is 9.88. The van der Waals surface area contributed by atoms with Crippen LogP contribution in [-0.4, -0.2) is 24.2 Å². The van der Waals surface area contributed by atoms with E-state index in [0.29, 0.717) is 11.3 Å². The molecule has 0 aliphatic heterocycles. The number of aromatic hydroxyl groups is 1.